The van der Waals surface area contributed by atoms with Gasteiger partial charge >= 0.3 is 6.09 Å². The number of ether oxygens (including phenoxy) is 2. The minimum atomic E-state index is -3.76. The SMILES string of the molecule is COc1ccc(S(=O)(=O)NC[C@@H]2CN(c3ccc(Cl)c(Cl)c3)C(=O)O2)cc1C. The summed E-state index contributed by atoms with van der Waals surface area (Å²) in [6, 6.07) is 9.33. The Morgan fingerprint density at radius 2 is 1.96 bits per heavy atom. The molecule has 1 amide bonds. The molecule has 0 spiro atoms. The number of halogens is 2. The Bertz CT molecular complexity index is 1010. The van der Waals surface area contributed by atoms with Crippen molar-refractivity contribution in [1.29, 1.82) is 0 Å². The van der Waals surface area contributed by atoms with Crippen LogP contribution in [0.15, 0.2) is 41.3 Å². The van der Waals surface area contributed by atoms with E-state index < -0.39 is 22.2 Å². The lowest BCUT2D eigenvalue weighted by Gasteiger charge is -2.14. The fourth-order valence-corrected chi connectivity index (χ4v) is 4.24. The number of methoxy groups -OCH3 is 1. The molecule has 0 aliphatic carbocycles. The highest BCUT2D eigenvalue weighted by molar-refractivity contribution is 7.89. The van der Waals surface area contributed by atoms with Crippen molar-refractivity contribution < 1.29 is 22.7 Å². The van der Waals surface area contributed by atoms with Gasteiger partial charge in [-0.15, -0.1) is 0 Å². The van der Waals surface area contributed by atoms with Crippen LogP contribution in [0.25, 0.3) is 0 Å². The molecule has 1 aliphatic rings. The third kappa shape index (κ3) is 4.35. The maximum atomic E-state index is 12.5. The first-order valence-electron chi connectivity index (χ1n) is 8.29. The van der Waals surface area contributed by atoms with Crippen LogP contribution in [0.4, 0.5) is 10.5 Å². The quantitative estimate of drug-likeness (QED) is 0.735. The first-order valence-corrected chi connectivity index (χ1v) is 10.5. The molecular weight excluding hydrogens is 427 g/mol. The molecule has 1 N–H and O–H groups in total. The summed E-state index contributed by atoms with van der Waals surface area (Å²) in [5.41, 5.74) is 1.22. The van der Waals surface area contributed by atoms with Gasteiger partial charge in [0.15, 0.2) is 0 Å². The van der Waals surface area contributed by atoms with Crippen molar-refractivity contribution in [3.05, 3.63) is 52.0 Å². The highest BCUT2D eigenvalue weighted by Crippen LogP contribution is 2.29. The molecule has 150 valence electrons. The molecule has 0 unspecified atom stereocenters. The zero-order valence-electron chi connectivity index (χ0n) is 15.1. The molecule has 1 aliphatic heterocycles. The molecule has 0 aromatic heterocycles. The molecule has 1 fully saturated rings. The van der Waals surface area contributed by atoms with Crippen molar-refractivity contribution in [2.75, 3.05) is 25.1 Å². The summed E-state index contributed by atoms with van der Waals surface area (Å²) < 4.78 is 37.9. The molecule has 2 aromatic rings. The summed E-state index contributed by atoms with van der Waals surface area (Å²) in [7, 11) is -2.24. The largest absolute Gasteiger partial charge is 0.496 e. The van der Waals surface area contributed by atoms with E-state index in [1.165, 1.54) is 24.1 Å². The topological polar surface area (TPSA) is 84.9 Å². The molecule has 2 aromatic carbocycles. The zero-order valence-corrected chi connectivity index (χ0v) is 17.4. The van der Waals surface area contributed by atoms with Crippen LogP contribution in [0.3, 0.4) is 0 Å². The number of cyclic esters (lactones) is 1. The maximum absolute atomic E-state index is 12.5. The van der Waals surface area contributed by atoms with Crippen LogP contribution in [0.2, 0.25) is 10.0 Å². The lowest BCUT2D eigenvalue weighted by atomic mass is 10.2. The van der Waals surface area contributed by atoms with E-state index in [0.29, 0.717) is 27.0 Å². The van der Waals surface area contributed by atoms with Gasteiger partial charge in [0, 0.05) is 12.2 Å². The molecule has 1 heterocycles. The Morgan fingerprint density at radius 3 is 2.61 bits per heavy atom. The highest BCUT2D eigenvalue weighted by atomic mass is 35.5. The van der Waals surface area contributed by atoms with Gasteiger partial charge in [-0.25, -0.2) is 17.9 Å². The third-order valence-electron chi connectivity index (χ3n) is 4.27. The number of rotatable bonds is 6. The van der Waals surface area contributed by atoms with Crippen LogP contribution in [0.1, 0.15) is 5.56 Å². The second kappa shape index (κ2) is 8.16. The van der Waals surface area contributed by atoms with Crippen LogP contribution in [0.5, 0.6) is 5.75 Å². The first kappa shape index (κ1) is 20.7. The van der Waals surface area contributed by atoms with E-state index in [4.69, 9.17) is 32.7 Å². The Labute approximate surface area is 173 Å². The Hall–Kier alpha value is -2.00. The highest BCUT2D eigenvalue weighted by Gasteiger charge is 2.33. The Balaban J connectivity index is 1.67. The number of anilines is 1. The third-order valence-corrected chi connectivity index (χ3v) is 6.43. The normalized spacial score (nSPS) is 16.9. The zero-order chi connectivity index (χ0) is 20.5. The van der Waals surface area contributed by atoms with Crippen molar-refractivity contribution >= 4 is 45.0 Å². The molecule has 0 bridgehead atoms. The van der Waals surface area contributed by atoms with Gasteiger partial charge in [0.1, 0.15) is 11.9 Å². The summed E-state index contributed by atoms with van der Waals surface area (Å²) in [4.78, 5) is 13.6. The van der Waals surface area contributed by atoms with E-state index in [1.54, 1.807) is 31.2 Å². The van der Waals surface area contributed by atoms with Crippen molar-refractivity contribution in [3.8, 4) is 5.75 Å². The van der Waals surface area contributed by atoms with E-state index in [-0.39, 0.29) is 18.0 Å². The summed E-state index contributed by atoms with van der Waals surface area (Å²) in [6.07, 6.45) is -1.22. The van der Waals surface area contributed by atoms with Gasteiger partial charge < -0.3 is 9.47 Å². The minimum Gasteiger partial charge on any atom is -0.496 e. The van der Waals surface area contributed by atoms with Crippen molar-refractivity contribution in [3.63, 3.8) is 0 Å². The van der Waals surface area contributed by atoms with Crippen molar-refractivity contribution in [1.82, 2.24) is 4.72 Å². The number of amides is 1. The molecule has 1 atom stereocenters. The van der Waals surface area contributed by atoms with Gasteiger partial charge in [0.05, 0.1) is 28.6 Å². The summed E-state index contributed by atoms with van der Waals surface area (Å²) in [6.45, 7) is 1.88. The Kier molecular flexibility index (Phi) is 6.04. The number of carbonyl (C=O) groups excluding carboxylic acids is 1. The molecule has 28 heavy (non-hydrogen) atoms. The van der Waals surface area contributed by atoms with Crippen LogP contribution in [-0.4, -0.2) is 40.8 Å². The van der Waals surface area contributed by atoms with Crippen LogP contribution in [0, 0.1) is 6.92 Å². The van der Waals surface area contributed by atoms with Crippen LogP contribution >= 0.6 is 23.2 Å². The molecule has 3 rings (SSSR count). The summed E-state index contributed by atoms with van der Waals surface area (Å²) in [5, 5.41) is 0.683. The van der Waals surface area contributed by atoms with Gasteiger partial charge in [-0.05, 0) is 48.9 Å². The second-order valence-corrected chi connectivity index (χ2v) is 8.78. The van der Waals surface area contributed by atoms with Gasteiger partial charge in [0.25, 0.3) is 0 Å². The van der Waals surface area contributed by atoms with Crippen LogP contribution in [-0.2, 0) is 14.8 Å². The van der Waals surface area contributed by atoms with Gasteiger partial charge in [-0.2, -0.15) is 0 Å². The predicted octanol–water partition coefficient (Wildman–Crippen LogP) is 3.61. The fraction of sp³-hybridized carbons (Fsp3) is 0.278. The number of nitrogens with one attached hydrogen (secondary N) is 1. The summed E-state index contributed by atoms with van der Waals surface area (Å²) in [5.74, 6) is 0.598. The van der Waals surface area contributed by atoms with E-state index in [0.717, 1.165) is 0 Å². The number of aryl methyl sites for hydroxylation is 1. The summed E-state index contributed by atoms with van der Waals surface area (Å²) >= 11 is 11.9. The predicted molar refractivity (Wildman–Crippen MR) is 107 cm³/mol. The molecule has 10 heteroatoms. The van der Waals surface area contributed by atoms with E-state index in [1.807, 2.05) is 0 Å². The van der Waals surface area contributed by atoms with Gasteiger partial charge in [-0.3, -0.25) is 4.90 Å². The van der Waals surface area contributed by atoms with Crippen molar-refractivity contribution in [2.45, 2.75) is 17.9 Å². The molecular formula is C18H18Cl2N2O5S. The van der Waals surface area contributed by atoms with Crippen molar-refractivity contribution in [2.24, 2.45) is 0 Å². The average molecular weight is 445 g/mol. The maximum Gasteiger partial charge on any atom is 0.414 e. The lowest BCUT2D eigenvalue weighted by Crippen LogP contribution is -2.34. The number of hydrogen-bond acceptors (Lipinski definition) is 5. The van der Waals surface area contributed by atoms with E-state index in [2.05, 4.69) is 4.72 Å². The molecule has 7 nitrogen and oxygen atoms in total. The smallest absolute Gasteiger partial charge is 0.414 e. The molecule has 1 saturated heterocycles. The lowest BCUT2D eigenvalue weighted by molar-refractivity contribution is 0.143. The number of hydrogen-bond donors (Lipinski definition) is 1. The van der Waals surface area contributed by atoms with Gasteiger partial charge in [0.2, 0.25) is 10.0 Å². The molecule has 0 saturated carbocycles. The molecule has 0 radical (unpaired) electrons. The number of carbonyl (C=O) groups is 1. The van der Waals surface area contributed by atoms with Crippen LogP contribution < -0.4 is 14.4 Å². The fourth-order valence-electron chi connectivity index (χ4n) is 2.80. The standard InChI is InChI=1S/C18H18Cl2N2O5S/c1-11-7-14(4-6-17(11)26-2)28(24,25)21-9-13-10-22(18(23)27-13)12-3-5-15(19)16(20)8-12/h3-8,13,21H,9-10H2,1-2H3/t13-/m1/s1. The average Bonchev–Trinajstić information content (AvgIpc) is 3.03. The van der Waals surface area contributed by atoms with E-state index in [9.17, 15) is 13.2 Å². The first-order chi connectivity index (χ1) is 13.2. The van der Waals surface area contributed by atoms with Gasteiger partial charge in [-0.1, -0.05) is 23.2 Å². The number of benzene rings is 2. The van der Waals surface area contributed by atoms with E-state index >= 15 is 0 Å². The minimum absolute atomic E-state index is 0.0586. The number of sulfonamides is 1. The number of nitrogens with zero attached hydrogens (tertiary/aromatic N) is 1. The Morgan fingerprint density at radius 1 is 1.21 bits per heavy atom. The monoisotopic (exact) mass is 444 g/mol. The second-order valence-electron chi connectivity index (χ2n) is 6.20.